The van der Waals surface area contributed by atoms with Gasteiger partial charge in [-0.2, -0.15) is 0 Å². The molecule has 0 rings (SSSR count). The van der Waals surface area contributed by atoms with Gasteiger partial charge in [0.05, 0.1) is 0 Å². The summed E-state index contributed by atoms with van der Waals surface area (Å²) in [6, 6.07) is 0. The molecule has 5 nitrogen and oxygen atoms in total. The summed E-state index contributed by atoms with van der Waals surface area (Å²) in [7, 11) is -1.44. The highest BCUT2D eigenvalue weighted by Crippen LogP contribution is 1.98. The highest BCUT2D eigenvalue weighted by atomic mass is 31.1. The van der Waals surface area contributed by atoms with Crippen LogP contribution in [0.25, 0.3) is 0 Å². The lowest BCUT2D eigenvalue weighted by atomic mass is 11.6. The van der Waals surface area contributed by atoms with Gasteiger partial charge in [0, 0.05) is 11.6 Å². The lowest BCUT2D eigenvalue weighted by Crippen LogP contribution is -1.91. The van der Waals surface area contributed by atoms with E-state index in [0.717, 1.165) is 0 Å². The van der Waals surface area contributed by atoms with Crippen LogP contribution >= 0.6 is 8.25 Å². The maximum atomic E-state index is 8.70. The predicted molar refractivity (Wildman–Crippen MR) is 22.9 cm³/mol. The third-order valence-electron chi connectivity index (χ3n) is 0. The topological polar surface area (TPSA) is 89.8 Å². The number of hydrogen-bond donors (Lipinski definition) is 4. The number of hydrogen-bond acceptors (Lipinski definition) is 3. The highest BCUT2D eigenvalue weighted by molar-refractivity contribution is 7.30. The van der Waals surface area contributed by atoms with Crippen molar-refractivity contribution in [3.8, 4) is 0 Å². The van der Waals surface area contributed by atoms with E-state index in [-0.39, 0.29) is 0 Å². The van der Waals surface area contributed by atoms with Gasteiger partial charge < -0.3 is 5.21 Å². The Bertz CT molecular complexity index is 43.0. The van der Waals surface area contributed by atoms with Crippen LogP contribution in [0.4, 0.5) is 0 Å². The van der Waals surface area contributed by atoms with Gasteiger partial charge in [0.25, 0.3) is 0 Å². The summed E-state index contributed by atoms with van der Waals surface area (Å²) in [6.45, 7) is 0. The average molecular weight is 128 g/mol. The molecule has 0 aromatic rings. The summed E-state index contributed by atoms with van der Waals surface area (Å²) in [5, 5.41) is 7.32. The molecule has 0 aromatic heterocycles. The molecule has 0 atom stereocenters. The van der Waals surface area contributed by atoms with Gasteiger partial charge in [-0.3, -0.25) is 0 Å². The lowest BCUT2D eigenvalue weighted by Gasteiger charge is -1.60. The first-order valence-corrected chi connectivity index (χ1v) is 2.47. The molecule has 0 aliphatic heterocycles. The summed E-state index contributed by atoms with van der Waals surface area (Å²) < 4.78 is 8.70. The van der Waals surface area contributed by atoms with Gasteiger partial charge in [-0.05, 0) is 0 Å². The molecule has 0 saturated heterocycles. The second-order valence-electron chi connectivity index (χ2n) is 0.476. The van der Waals surface area contributed by atoms with Gasteiger partial charge in [-0.15, -0.1) is 9.79 Å². The van der Waals surface area contributed by atoms with Crippen molar-refractivity contribution in [2.75, 3.05) is 7.05 Å². The molecule has 0 radical (unpaired) electrons. The zero-order chi connectivity index (χ0) is 6.28. The van der Waals surface area contributed by atoms with Crippen molar-refractivity contribution < 1.29 is 19.6 Å². The normalized spacial score (nSPS) is 6.29. The highest BCUT2D eigenvalue weighted by Gasteiger charge is 1.93. The maximum Gasteiger partial charge on any atom is 0.692 e. The molecule has 0 saturated carbocycles. The van der Waals surface area contributed by atoms with E-state index in [1.165, 1.54) is 7.05 Å². The zero-order valence-corrected chi connectivity index (χ0v) is 4.59. The van der Waals surface area contributed by atoms with Crippen LogP contribution in [-0.2, 0) is 4.57 Å². The Hall–Kier alpha value is -0.0600. The van der Waals surface area contributed by atoms with Crippen molar-refractivity contribution in [1.82, 2.24) is 5.48 Å². The van der Waals surface area contributed by atoms with Crippen molar-refractivity contribution in [2.24, 2.45) is 0 Å². The second kappa shape index (κ2) is 9.34. The third-order valence-corrected chi connectivity index (χ3v) is 0. The quantitative estimate of drug-likeness (QED) is 0.254. The summed E-state index contributed by atoms with van der Waals surface area (Å²) in [4.78, 5) is 14.2. The SMILES string of the molecule is CNO.O=[P+](O)O. The van der Waals surface area contributed by atoms with Crippen LogP contribution in [0.3, 0.4) is 0 Å². The van der Waals surface area contributed by atoms with E-state index >= 15 is 0 Å². The molecule has 0 aliphatic rings. The van der Waals surface area contributed by atoms with Crippen LogP contribution in [0, 0.1) is 0 Å². The summed E-state index contributed by atoms with van der Waals surface area (Å²) in [5.41, 5.74) is 1.75. The number of hydroxylamine groups is 1. The Labute approximate surface area is 41.5 Å². The largest absolute Gasteiger partial charge is 0.692 e. The first-order chi connectivity index (χ1) is 3.15. The average Bonchev–Trinajstić information content (AvgIpc) is 1.33. The molecule has 7 heavy (non-hydrogen) atoms. The van der Waals surface area contributed by atoms with Gasteiger partial charge in [0.2, 0.25) is 0 Å². The van der Waals surface area contributed by atoms with Gasteiger partial charge in [0.1, 0.15) is 0 Å². The van der Waals surface area contributed by atoms with Gasteiger partial charge in [-0.25, -0.2) is 5.48 Å². The summed E-state index contributed by atoms with van der Waals surface area (Å²) in [6.07, 6.45) is 0. The third kappa shape index (κ3) is 25600. The van der Waals surface area contributed by atoms with Gasteiger partial charge >= 0.3 is 8.25 Å². The second-order valence-corrected chi connectivity index (χ2v) is 0.982. The number of rotatable bonds is 0. The van der Waals surface area contributed by atoms with Crippen LogP contribution in [-0.4, -0.2) is 22.0 Å². The Balaban J connectivity index is 0. The van der Waals surface area contributed by atoms with Crippen LogP contribution in [0.2, 0.25) is 0 Å². The van der Waals surface area contributed by atoms with Crippen LogP contribution in [0.1, 0.15) is 0 Å². The van der Waals surface area contributed by atoms with Gasteiger partial charge in [0.15, 0.2) is 0 Å². The van der Waals surface area contributed by atoms with Crippen LogP contribution in [0.5, 0.6) is 0 Å². The van der Waals surface area contributed by atoms with Crippen LogP contribution in [0.15, 0.2) is 0 Å². The van der Waals surface area contributed by atoms with E-state index in [4.69, 9.17) is 19.6 Å². The molecule has 0 aliphatic carbocycles. The molecule has 0 amide bonds. The maximum absolute atomic E-state index is 8.70. The molecule has 0 heterocycles. The summed E-state index contributed by atoms with van der Waals surface area (Å²) in [5.74, 6) is 0. The van der Waals surface area contributed by atoms with E-state index in [1.807, 2.05) is 0 Å². The smallest absolute Gasteiger partial charge is 0.317 e. The molecule has 4 N–H and O–H groups in total. The fraction of sp³-hybridized carbons (Fsp3) is 1.00. The molecule has 0 unspecified atom stereocenters. The fourth-order valence-electron chi connectivity index (χ4n) is 0. The van der Waals surface area contributed by atoms with Crippen LogP contribution < -0.4 is 5.48 Å². The Morgan fingerprint density at radius 3 is 1.57 bits per heavy atom. The molecule has 44 valence electrons. The first kappa shape index (κ1) is 10.0. The van der Waals surface area contributed by atoms with E-state index in [1.54, 1.807) is 5.48 Å². The molecule has 0 fully saturated rings. The van der Waals surface area contributed by atoms with E-state index in [2.05, 4.69) is 0 Å². The van der Waals surface area contributed by atoms with E-state index in [0.29, 0.717) is 0 Å². The standard InChI is InChI=1S/CH5NO.HO3P/c1-2-3;1-4(2)3/h2-3H,1H3;(H-,1,2,3)/p+1. The van der Waals surface area contributed by atoms with Gasteiger partial charge in [-0.1, -0.05) is 0 Å². The minimum absolute atomic E-state index is 1.43. The fourth-order valence-corrected chi connectivity index (χ4v) is 0. The van der Waals surface area contributed by atoms with E-state index in [9.17, 15) is 0 Å². The monoisotopic (exact) mass is 128 g/mol. The zero-order valence-electron chi connectivity index (χ0n) is 3.70. The predicted octanol–water partition coefficient (Wildman–Crippen LogP) is -0.777. The van der Waals surface area contributed by atoms with Crippen molar-refractivity contribution in [1.29, 1.82) is 0 Å². The molecular formula is CH7NO4P+. The van der Waals surface area contributed by atoms with Crippen molar-refractivity contribution >= 4 is 8.25 Å². The molecule has 0 spiro atoms. The molecular weight excluding hydrogens is 121 g/mol. The van der Waals surface area contributed by atoms with Crippen molar-refractivity contribution in [2.45, 2.75) is 0 Å². The van der Waals surface area contributed by atoms with Crippen molar-refractivity contribution in [3.63, 3.8) is 0 Å². The Morgan fingerprint density at radius 1 is 1.57 bits per heavy atom. The Kier molecular flexibility index (Phi) is 13.4. The molecule has 6 heteroatoms. The van der Waals surface area contributed by atoms with E-state index < -0.39 is 8.25 Å². The van der Waals surface area contributed by atoms with Crippen molar-refractivity contribution in [3.05, 3.63) is 0 Å². The first-order valence-electron chi connectivity index (χ1n) is 1.31. The molecule has 0 bridgehead atoms. The Morgan fingerprint density at radius 2 is 1.57 bits per heavy atom. The molecule has 0 aromatic carbocycles. The summed E-state index contributed by atoms with van der Waals surface area (Å²) >= 11 is 0. The number of nitrogens with one attached hydrogen (secondary N) is 1. The minimum Gasteiger partial charge on any atom is -0.317 e. The minimum atomic E-state index is -2.87. The lowest BCUT2D eigenvalue weighted by molar-refractivity contribution is 0.194.